The van der Waals surface area contributed by atoms with Crippen LogP contribution in [0.2, 0.25) is 0 Å². The van der Waals surface area contributed by atoms with Crippen LogP contribution in [0.5, 0.6) is 0 Å². The molecule has 0 amide bonds. The molecule has 0 spiro atoms. The quantitative estimate of drug-likeness (QED) is 0.555. The standard InChI is InChI=1S/C8H9FN2/c1-3-4-5-11-7(2)8(9)6-10-11/h6H,5H2,1-2H3. The van der Waals surface area contributed by atoms with Crippen molar-refractivity contribution < 1.29 is 4.39 Å². The summed E-state index contributed by atoms with van der Waals surface area (Å²) in [5, 5.41) is 3.79. The lowest BCUT2D eigenvalue weighted by Gasteiger charge is -1.95. The monoisotopic (exact) mass is 152 g/mol. The summed E-state index contributed by atoms with van der Waals surface area (Å²) >= 11 is 0. The van der Waals surface area contributed by atoms with Gasteiger partial charge in [0.15, 0.2) is 5.82 Å². The minimum absolute atomic E-state index is 0.275. The summed E-state index contributed by atoms with van der Waals surface area (Å²) in [6.45, 7) is 3.89. The molecule has 0 atom stereocenters. The molecule has 1 aromatic rings. The van der Waals surface area contributed by atoms with Gasteiger partial charge < -0.3 is 0 Å². The van der Waals surface area contributed by atoms with Crippen LogP contribution in [-0.2, 0) is 6.54 Å². The Morgan fingerprint density at radius 3 is 2.91 bits per heavy atom. The van der Waals surface area contributed by atoms with Crippen molar-refractivity contribution >= 4 is 0 Å². The second-order valence-electron chi connectivity index (χ2n) is 2.16. The maximum Gasteiger partial charge on any atom is 0.164 e. The largest absolute Gasteiger partial charge is 0.255 e. The molecule has 3 heteroatoms. The van der Waals surface area contributed by atoms with E-state index in [0.717, 1.165) is 0 Å². The lowest BCUT2D eigenvalue weighted by atomic mass is 10.4. The first kappa shape index (κ1) is 7.80. The Morgan fingerprint density at radius 2 is 2.45 bits per heavy atom. The van der Waals surface area contributed by atoms with Gasteiger partial charge in [0.05, 0.1) is 11.9 Å². The molecule has 0 saturated carbocycles. The minimum atomic E-state index is -0.275. The normalized spacial score (nSPS) is 9.00. The predicted molar refractivity (Wildman–Crippen MR) is 40.4 cm³/mol. The van der Waals surface area contributed by atoms with Crippen molar-refractivity contribution in [2.75, 3.05) is 0 Å². The van der Waals surface area contributed by atoms with Gasteiger partial charge in [-0.05, 0) is 13.8 Å². The summed E-state index contributed by atoms with van der Waals surface area (Å²) in [7, 11) is 0. The van der Waals surface area contributed by atoms with E-state index in [1.165, 1.54) is 10.9 Å². The third kappa shape index (κ3) is 1.58. The molecule has 0 unspecified atom stereocenters. The van der Waals surface area contributed by atoms with Gasteiger partial charge in [-0.3, -0.25) is 4.68 Å². The van der Waals surface area contributed by atoms with Crippen molar-refractivity contribution in [2.24, 2.45) is 0 Å². The molecule has 0 N–H and O–H groups in total. The summed E-state index contributed by atoms with van der Waals surface area (Å²) in [5.41, 5.74) is 0.535. The van der Waals surface area contributed by atoms with Gasteiger partial charge >= 0.3 is 0 Å². The average Bonchev–Trinajstić information content (AvgIpc) is 2.31. The summed E-state index contributed by atoms with van der Waals surface area (Å²) < 4.78 is 14.2. The van der Waals surface area contributed by atoms with Gasteiger partial charge in [0, 0.05) is 0 Å². The van der Waals surface area contributed by atoms with Gasteiger partial charge in [0.25, 0.3) is 0 Å². The first-order valence-corrected chi connectivity index (χ1v) is 3.33. The van der Waals surface area contributed by atoms with Crippen molar-refractivity contribution in [1.82, 2.24) is 9.78 Å². The van der Waals surface area contributed by atoms with Gasteiger partial charge in [-0.1, -0.05) is 5.92 Å². The third-order valence-corrected chi connectivity index (χ3v) is 1.45. The Labute approximate surface area is 65.0 Å². The number of hydrogen-bond acceptors (Lipinski definition) is 1. The first-order chi connectivity index (χ1) is 5.25. The van der Waals surface area contributed by atoms with Gasteiger partial charge in [0.2, 0.25) is 0 Å². The molecule has 0 aliphatic rings. The van der Waals surface area contributed by atoms with E-state index in [1.807, 2.05) is 0 Å². The van der Waals surface area contributed by atoms with Gasteiger partial charge in [-0.15, -0.1) is 5.92 Å². The van der Waals surface area contributed by atoms with Crippen LogP contribution in [0.15, 0.2) is 6.20 Å². The molecule has 0 aliphatic heterocycles. The molecule has 0 bridgehead atoms. The Morgan fingerprint density at radius 1 is 1.73 bits per heavy atom. The zero-order valence-corrected chi connectivity index (χ0v) is 6.56. The molecule has 0 saturated heterocycles. The van der Waals surface area contributed by atoms with Crippen LogP contribution in [0.3, 0.4) is 0 Å². The highest BCUT2D eigenvalue weighted by molar-refractivity contribution is 5.04. The van der Waals surface area contributed by atoms with Crippen molar-refractivity contribution in [1.29, 1.82) is 0 Å². The van der Waals surface area contributed by atoms with E-state index >= 15 is 0 Å². The highest BCUT2D eigenvalue weighted by Gasteiger charge is 2.02. The zero-order chi connectivity index (χ0) is 8.27. The van der Waals surface area contributed by atoms with Gasteiger partial charge in [-0.2, -0.15) is 5.10 Å². The maximum absolute atomic E-state index is 12.6. The molecule has 1 aromatic heterocycles. The number of aromatic nitrogens is 2. The van der Waals surface area contributed by atoms with Gasteiger partial charge in [0.1, 0.15) is 6.54 Å². The Bertz CT molecular complexity index is 304. The molecule has 0 aliphatic carbocycles. The van der Waals surface area contributed by atoms with Crippen molar-refractivity contribution in [2.45, 2.75) is 20.4 Å². The van der Waals surface area contributed by atoms with Crippen LogP contribution in [0.4, 0.5) is 4.39 Å². The zero-order valence-electron chi connectivity index (χ0n) is 6.56. The van der Waals surface area contributed by atoms with Crippen LogP contribution in [-0.4, -0.2) is 9.78 Å². The molecule has 2 nitrogen and oxygen atoms in total. The maximum atomic E-state index is 12.6. The molecule has 11 heavy (non-hydrogen) atoms. The van der Waals surface area contributed by atoms with E-state index in [9.17, 15) is 4.39 Å². The fourth-order valence-corrected chi connectivity index (χ4v) is 0.737. The smallest absolute Gasteiger partial charge is 0.164 e. The summed E-state index contributed by atoms with van der Waals surface area (Å²) in [6, 6.07) is 0. The van der Waals surface area contributed by atoms with E-state index in [1.54, 1.807) is 13.8 Å². The van der Waals surface area contributed by atoms with Crippen LogP contribution in [0, 0.1) is 24.6 Å². The lowest BCUT2D eigenvalue weighted by molar-refractivity contribution is 0.605. The predicted octanol–water partition coefficient (Wildman–Crippen LogP) is 1.35. The topological polar surface area (TPSA) is 17.8 Å². The van der Waals surface area contributed by atoms with E-state index < -0.39 is 0 Å². The molecule has 0 fully saturated rings. The lowest BCUT2D eigenvalue weighted by Crippen LogP contribution is -2.00. The first-order valence-electron chi connectivity index (χ1n) is 3.33. The molecule has 1 heterocycles. The molecular weight excluding hydrogens is 143 g/mol. The van der Waals surface area contributed by atoms with Crippen LogP contribution < -0.4 is 0 Å². The molecule has 58 valence electrons. The van der Waals surface area contributed by atoms with Crippen molar-refractivity contribution in [3.8, 4) is 11.8 Å². The second-order valence-corrected chi connectivity index (χ2v) is 2.16. The fourth-order valence-electron chi connectivity index (χ4n) is 0.737. The van der Waals surface area contributed by atoms with Crippen LogP contribution in [0.1, 0.15) is 12.6 Å². The number of rotatable bonds is 1. The Hall–Kier alpha value is -1.30. The van der Waals surface area contributed by atoms with Crippen LogP contribution in [0.25, 0.3) is 0 Å². The number of nitrogens with zero attached hydrogens (tertiary/aromatic N) is 2. The number of halogens is 1. The summed E-state index contributed by atoms with van der Waals surface area (Å²) in [6.07, 6.45) is 1.20. The Kier molecular flexibility index (Phi) is 2.27. The average molecular weight is 152 g/mol. The molecule has 1 rings (SSSR count). The van der Waals surface area contributed by atoms with Crippen LogP contribution >= 0.6 is 0 Å². The molecule has 0 aromatic carbocycles. The van der Waals surface area contributed by atoms with Crippen molar-refractivity contribution in [3.63, 3.8) is 0 Å². The summed E-state index contributed by atoms with van der Waals surface area (Å²) in [5.74, 6) is 5.25. The number of hydrogen-bond donors (Lipinski definition) is 0. The highest BCUT2D eigenvalue weighted by Crippen LogP contribution is 2.02. The van der Waals surface area contributed by atoms with Gasteiger partial charge in [-0.25, -0.2) is 4.39 Å². The minimum Gasteiger partial charge on any atom is -0.255 e. The second kappa shape index (κ2) is 3.20. The van der Waals surface area contributed by atoms with E-state index in [-0.39, 0.29) is 5.82 Å². The van der Waals surface area contributed by atoms with E-state index in [4.69, 9.17) is 0 Å². The van der Waals surface area contributed by atoms with E-state index in [2.05, 4.69) is 16.9 Å². The van der Waals surface area contributed by atoms with Crippen molar-refractivity contribution in [3.05, 3.63) is 17.7 Å². The fraction of sp³-hybridized carbons (Fsp3) is 0.375. The SMILES string of the molecule is CC#CCn1ncc(F)c1C. The Balaban J connectivity index is 2.84. The van der Waals surface area contributed by atoms with E-state index in [0.29, 0.717) is 12.2 Å². The summed E-state index contributed by atoms with van der Waals surface area (Å²) in [4.78, 5) is 0. The highest BCUT2D eigenvalue weighted by atomic mass is 19.1. The third-order valence-electron chi connectivity index (χ3n) is 1.45. The molecule has 0 radical (unpaired) electrons. The molecular formula is C8H9FN2.